The maximum absolute atomic E-state index is 13.6. The molecule has 0 spiro atoms. The van der Waals surface area contributed by atoms with E-state index >= 15 is 0 Å². The highest BCUT2D eigenvalue weighted by atomic mass is 19.1. The number of pyridine rings is 1. The molecule has 2 N–H and O–H groups in total. The normalized spacial score (nSPS) is 10.4. The summed E-state index contributed by atoms with van der Waals surface area (Å²) in [5.74, 6) is -0.342. The number of nitrogens with two attached hydrogens (primary N) is 1. The number of rotatable bonds is 2. The van der Waals surface area contributed by atoms with Crippen molar-refractivity contribution in [1.82, 2.24) is 19.7 Å². The Hall–Kier alpha value is -1.82. The summed E-state index contributed by atoms with van der Waals surface area (Å²) in [5, 5.41) is 3.78. The van der Waals surface area contributed by atoms with Gasteiger partial charge >= 0.3 is 0 Å². The number of nitrogens with zero attached hydrogens (tertiary/aromatic N) is 4. The van der Waals surface area contributed by atoms with E-state index in [1.807, 2.05) is 0 Å². The Morgan fingerprint density at radius 3 is 3.00 bits per heavy atom. The first-order valence-electron chi connectivity index (χ1n) is 4.01. The largest absolute Gasteiger partial charge is 0.326 e. The van der Waals surface area contributed by atoms with E-state index in [0.717, 1.165) is 0 Å². The second kappa shape index (κ2) is 3.51. The molecule has 0 bridgehead atoms. The van der Waals surface area contributed by atoms with Crippen molar-refractivity contribution >= 4 is 0 Å². The molecule has 72 valence electrons. The smallest absolute Gasteiger partial charge is 0.191 e. The Kier molecular flexibility index (Phi) is 2.19. The Bertz CT molecular complexity index is 425. The van der Waals surface area contributed by atoms with E-state index in [4.69, 9.17) is 5.73 Å². The van der Waals surface area contributed by atoms with E-state index in [9.17, 15) is 4.39 Å². The van der Waals surface area contributed by atoms with Gasteiger partial charge in [-0.15, -0.1) is 0 Å². The fourth-order valence-electron chi connectivity index (χ4n) is 1.11. The lowest BCUT2D eigenvalue weighted by atomic mass is 10.2. The predicted octanol–water partition coefficient (Wildman–Crippen LogP) is 0.260. The molecule has 0 amide bonds. The lowest BCUT2D eigenvalue weighted by molar-refractivity contribution is 0.584. The predicted molar refractivity (Wildman–Crippen MR) is 47.0 cm³/mol. The van der Waals surface area contributed by atoms with E-state index < -0.39 is 5.82 Å². The molecule has 0 unspecified atom stereocenters. The van der Waals surface area contributed by atoms with E-state index in [1.165, 1.54) is 29.6 Å². The first-order valence-corrected chi connectivity index (χ1v) is 4.01. The highest BCUT2D eigenvalue weighted by Gasteiger charge is 2.09. The van der Waals surface area contributed by atoms with Crippen LogP contribution in [0.5, 0.6) is 0 Å². The van der Waals surface area contributed by atoms with Gasteiger partial charge in [-0.2, -0.15) is 9.78 Å². The molecule has 2 rings (SSSR count). The quantitative estimate of drug-likeness (QED) is 0.742. The fourth-order valence-corrected chi connectivity index (χ4v) is 1.11. The van der Waals surface area contributed by atoms with Crippen LogP contribution in [0, 0.1) is 5.82 Å². The molecule has 2 heterocycles. The summed E-state index contributed by atoms with van der Waals surface area (Å²) in [6.45, 7) is 0.135. The van der Waals surface area contributed by atoms with E-state index in [1.54, 1.807) is 0 Å². The molecule has 0 aromatic carbocycles. The van der Waals surface area contributed by atoms with Gasteiger partial charge in [0, 0.05) is 18.3 Å². The van der Waals surface area contributed by atoms with Gasteiger partial charge in [-0.3, -0.25) is 0 Å². The first kappa shape index (κ1) is 8.76. The van der Waals surface area contributed by atoms with Crippen LogP contribution < -0.4 is 5.73 Å². The molecule has 0 saturated carbocycles. The van der Waals surface area contributed by atoms with Crippen molar-refractivity contribution in [3.8, 4) is 5.82 Å². The number of hydrogen-bond acceptors (Lipinski definition) is 4. The minimum absolute atomic E-state index is 0.116. The van der Waals surface area contributed by atoms with Gasteiger partial charge < -0.3 is 5.73 Å². The Morgan fingerprint density at radius 1 is 1.50 bits per heavy atom. The summed E-state index contributed by atoms with van der Waals surface area (Å²) < 4.78 is 14.9. The van der Waals surface area contributed by atoms with Crippen molar-refractivity contribution in [1.29, 1.82) is 0 Å². The lowest BCUT2D eigenvalue weighted by Gasteiger charge is -2.04. The van der Waals surface area contributed by atoms with Crippen molar-refractivity contribution in [3.63, 3.8) is 0 Å². The van der Waals surface area contributed by atoms with Crippen molar-refractivity contribution < 1.29 is 4.39 Å². The zero-order valence-corrected chi connectivity index (χ0v) is 7.26. The second-order valence-electron chi connectivity index (χ2n) is 2.65. The average Bonchev–Trinajstić information content (AvgIpc) is 2.71. The summed E-state index contributed by atoms with van der Waals surface area (Å²) in [6.07, 6.45) is 4.18. The van der Waals surface area contributed by atoms with Crippen LogP contribution in [-0.2, 0) is 6.54 Å². The summed E-state index contributed by atoms with van der Waals surface area (Å²) in [6, 6.07) is 1.54. The van der Waals surface area contributed by atoms with Gasteiger partial charge in [0.05, 0.1) is 0 Å². The minimum atomic E-state index is -0.458. The van der Waals surface area contributed by atoms with E-state index in [-0.39, 0.29) is 12.4 Å². The van der Waals surface area contributed by atoms with Crippen LogP contribution in [-0.4, -0.2) is 19.7 Å². The van der Waals surface area contributed by atoms with Gasteiger partial charge in [0.25, 0.3) is 0 Å². The summed E-state index contributed by atoms with van der Waals surface area (Å²) in [7, 11) is 0. The molecule has 5 nitrogen and oxygen atoms in total. The van der Waals surface area contributed by atoms with Gasteiger partial charge in [0.1, 0.15) is 12.7 Å². The molecule has 2 aromatic heterocycles. The second-order valence-corrected chi connectivity index (χ2v) is 2.65. The molecular formula is C8H8FN5. The zero-order chi connectivity index (χ0) is 9.97. The van der Waals surface area contributed by atoms with Crippen LogP contribution in [0.3, 0.4) is 0 Å². The maximum atomic E-state index is 13.6. The molecule has 0 fully saturated rings. The zero-order valence-electron chi connectivity index (χ0n) is 7.26. The lowest BCUT2D eigenvalue weighted by Crippen LogP contribution is -2.07. The molecule has 0 radical (unpaired) electrons. The topological polar surface area (TPSA) is 69.6 Å². The van der Waals surface area contributed by atoms with Gasteiger partial charge in [0.15, 0.2) is 11.6 Å². The average molecular weight is 193 g/mol. The molecule has 14 heavy (non-hydrogen) atoms. The van der Waals surface area contributed by atoms with Crippen LogP contribution in [0.4, 0.5) is 4.39 Å². The summed E-state index contributed by atoms with van der Waals surface area (Å²) >= 11 is 0. The van der Waals surface area contributed by atoms with Crippen molar-refractivity contribution in [2.24, 2.45) is 5.73 Å². The molecular weight excluding hydrogens is 185 g/mol. The van der Waals surface area contributed by atoms with Gasteiger partial charge in [0.2, 0.25) is 0 Å². The van der Waals surface area contributed by atoms with Crippen molar-refractivity contribution in [2.45, 2.75) is 6.54 Å². The highest BCUT2D eigenvalue weighted by molar-refractivity contribution is 5.28. The molecule has 0 aliphatic rings. The van der Waals surface area contributed by atoms with Gasteiger partial charge in [-0.25, -0.2) is 14.4 Å². The number of halogens is 1. The fraction of sp³-hybridized carbons (Fsp3) is 0.125. The molecule has 0 aliphatic heterocycles. The third kappa shape index (κ3) is 1.35. The van der Waals surface area contributed by atoms with Crippen LogP contribution in [0.1, 0.15) is 5.56 Å². The maximum Gasteiger partial charge on any atom is 0.191 e. The van der Waals surface area contributed by atoms with E-state index in [2.05, 4.69) is 15.1 Å². The van der Waals surface area contributed by atoms with Gasteiger partial charge in [-0.05, 0) is 6.07 Å². The molecule has 0 aliphatic carbocycles. The first-order chi connectivity index (χ1) is 6.83. The number of hydrogen-bond donors (Lipinski definition) is 1. The third-order valence-corrected chi connectivity index (χ3v) is 1.81. The highest BCUT2D eigenvalue weighted by Crippen LogP contribution is 2.12. The standard InChI is InChI=1S/C8H8FN5/c9-7-6(3-10)1-2-12-8(7)14-5-11-4-13-14/h1-2,4-5H,3,10H2. The Balaban J connectivity index is 2.54. The van der Waals surface area contributed by atoms with Crippen LogP contribution in [0.2, 0.25) is 0 Å². The van der Waals surface area contributed by atoms with Crippen LogP contribution in [0.15, 0.2) is 24.9 Å². The third-order valence-electron chi connectivity index (χ3n) is 1.81. The van der Waals surface area contributed by atoms with Crippen molar-refractivity contribution in [3.05, 3.63) is 36.3 Å². The Morgan fingerprint density at radius 2 is 2.36 bits per heavy atom. The summed E-state index contributed by atoms with van der Waals surface area (Å²) in [4.78, 5) is 7.57. The molecule has 2 aromatic rings. The molecule has 0 saturated heterocycles. The van der Waals surface area contributed by atoms with Gasteiger partial charge in [-0.1, -0.05) is 0 Å². The SMILES string of the molecule is NCc1ccnc(-n2cncn2)c1F. The molecule has 6 heteroatoms. The van der Waals surface area contributed by atoms with Crippen LogP contribution >= 0.6 is 0 Å². The number of aromatic nitrogens is 4. The van der Waals surface area contributed by atoms with E-state index in [0.29, 0.717) is 5.56 Å². The van der Waals surface area contributed by atoms with Crippen molar-refractivity contribution in [2.75, 3.05) is 0 Å². The molecule has 0 atom stereocenters. The minimum Gasteiger partial charge on any atom is -0.326 e. The monoisotopic (exact) mass is 193 g/mol. The Labute approximate surface area is 79.4 Å². The van der Waals surface area contributed by atoms with Crippen LogP contribution in [0.25, 0.3) is 5.82 Å². The summed E-state index contributed by atoms with van der Waals surface area (Å²) in [5.41, 5.74) is 5.77.